The maximum atomic E-state index is 5.41. The van der Waals surface area contributed by atoms with Gasteiger partial charge in [0.05, 0.1) is 13.2 Å². The van der Waals surface area contributed by atoms with Gasteiger partial charge in [-0.15, -0.1) is 0 Å². The molecule has 0 bridgehead atoms. The number of benzene rings is 1. The van der Waals surface area contributed by atoms with E-state index in [2.05, 4.69) is 39.0 Å². The van der Waals surface area contributed by atoms with Gasteiger partial charge in [-0.25, -0.2) is 0 Å². The van der Waals surface area contributed by atoms with Gasteiger partial charge in [0.1, 0.15) is 0 Å². The largest absolute Gasteiger partial charge is 0.378 e. The highest BCUT2D eigenvalue weighted by Crippen LogP contribution is 2.45. The van der Waals surface area contributed by atoms with Gasteiger partial charge in [-0.3, -0.25) is 0 Å². The molecule has 0 atom stereocenters. The third-order valence-corrected chi connectivity index (χ3v) is 3.85. The summed E-state index contributed by atoms with van der Waals surface area (Å²) in [5.41, 5.74) is 2.95. The average molecular weight is 282 g/mol. The highest BCUT2D eigenvalue weighted by atomic mass is 79.9. The molecule has 1 heterocycles. The smallest absolute Gasteiger partial charge is 0.0642 e. The van der Waals surface area contributed by atoms with Gasteiger partial charge in [-0.2, -0.15) is 0 Å². The van der Waals surface area contributed by atoms with Gasteiger partial charge in [0.25, 0.3) is 0 Å². The monoisotopic (exact) mass is 281 g/mol. The lowest BCUT2D eigenvalue weighted by atomic mass is 10.1. The van der Waals surface area contributed by atoms with E-state index in [1.54, 1.807) is 0 Å². The van der Waals surface area contributed by atoms with Gasteiger partial charge in [0.15, 0.2) is 0 Å². The first-order chi connectivity index (χ1) is 7.84. The SMILES string of the molecule is Brc1ccc(N2CCOCC2)c(C2CC2)c1. The summed E-state index contributed by atoms with van der Waals surface area (Å²) in [7, 11) is 0. The molecule has 16 heavy (non-hydrogen) atoms. The molecule has 1 aliphatic heterocycles. The van der Waals surface area contributed by atoms with Crippen molar-refractivity contribution in [2.24, 2.45) is 0 Å². The maximum absolute atomic E-state index is 5.41. The minimum absolute atomic E-state index is 0.801. The van der Waals surface area contributed by atoms with Crippen LogP contribution in [0, 0.1) is 0 Å². The van der Waals surface area contributed by atoms with E-state index in [4.69, 9.17) is 4.74 Å². The third kappa shape index (κ3) is 2.11. The first kappa shape index (κ1) is 10.6. The Morgan fingerprint density at radius 2 is 1.94 bits per heavy atom. The van der Waals surface area contributed by atoms with Crippen molar-refractivity contribution in [3.8, 4) is 0 Å². The van der Waals surface area contributed by atoms with Crippen molar-refractivity contribution in [3.05, 3.63) is 28.2 Å². The quantitative estimate of drug-likeness (QED) is 0.826. The molecule has 2 aliphatic rings. The second-order valence-electron chi connectivity index (χ2n) is 4.58. The zero-order valence-corrected chi connectivity index (χ0v) is 10.9. The molecule has 86 valence electrons. The van der Waals surface area contributed by atoms with Crippen LogP contribution in [0.2, 0.25) is 0 Å². The van der Waals surface area contributed by atoms with E-state index >= 15 is 0 Å². The molecule has 0 radical (unpaired) electrons. The van der Waals surface area contributed by atoms with Gasteiger partial charge in [-0.1, -0.05) is 15.9 Å². The Labute approximate surface area is 105 Å². The molecule has 0 amide bonds. The second kappa shape index (κ2) is 4.38. The summed E-state index contributed by atoms with van der Waals surface area (Å²) in [5.74, 6) is 0.801. The molecule has 0 spiro atoms. The van der Waals surface area contributed by atoms with Crippen LogP contribution < -0.4 is 4.90 Å². The number of anilines is 1. The Kier molecular flexibility index (Phi) is 2.90. The summed E-state index contributed by atoms with van der Waals surface area (Å²) in [5, 5.41) is 0. The van der Waals surface area contributed by atoms with Gasteiger partial charge < -0.3 is 9.64 Å². The highest BCUT2D eigenvalue weighted by molar-refractivity contribution is 9.10. The van der Waals surface area contributed by atoms with Crippen molar-refractivity contribution >= 4 is 21.6 Å². The lowest BCUT2D eigenvalue weighted by molar-refractivity contribution is 0.122. The molecular formula is C13H16BrNO. The van der Waals surface area contributed by atoms with Crippen LogP contribution in [0.4, 0.5) is 5.69 Å². The number of halogens is 1. The van der Waals surface area contributed by atoms with Crippen LogP contribution in [0.1, 0.15) is 24.3 Å². The lowest BCUT2D eigenvalue weighted by Gasteiger charge is -2.30. The Hall–Kier alpha value is -0.540. The van der Waals surface area contributed by atoms with Crippen LogP contribution in [-0.2, 0) is 4.74 Å². The van der Waals surface area contributed by atoms with E-state index in [0.717, 1.165) is 32.2 Å². The second-order valence-corrected chi connectivity index (χ2v) is 5.49. The predicted octanol–water partition coefficient (Wildman–Crippen LogP) is 3.16. The van der Waals surface area contributed by atoms with Crippen LogP contribution in [0.25, 0.3) is 0 Å². The Balaban J connectivity index is 1.91. The summed E-state index contributed by atoms with van der Waals surface area (Å²) in [6.07, 6.45) is 2.71. The van der Waals surface area contributed by atoms with Crippen molar-refractivity contribution in [2.75, 3.05) is 31.2 Å². The molecule has 0 unspecified atom stereocenters. The Morgan fingerprint density at radius 3 is 2.62 bits per heavy atom. The van der Waals surface area contributed by atoms with Crippen molar-refractivity contribution in [3.63, 3.8) is 0 Å². The number of ether oxygens (including phenoxy) is 1. The summed E-state index contributed by atoms with van der Waals surface area (Å²) in [6.45, 7) is 3.78. The van der Waals surface area contributed by atoms with Crippen molar-refractivity contribution < 1.29 is 4.74 Å². The minimum Gasteiger partial charge on any atom is -0.378 e. The topological polar surface area (TPSA) is 12.5 Å². The zero-order valence-electron chi connectivity index (χ0n) is 9.29. The molecular weight excluding hydrogens is 266 g/mol. The van der Waals surface area contributed by atoms with Gasteiger partial charge in [0, 0.05) is 23.2 Å². The number of hydrogen-bond acceptors (Lipinski definition) is 2. The van der Waals surface area contributed by atoms with E-state index in [0.29, 0.717) is 0 Å². The molecule has 1 aromatic rings. The summed E-state index contributed by atoms with van der Waals surface area (Å²) in [4.78, 5) is 2.46. The molecule has 3 heteroatoms. The lowest BCUT2D eigenvalue weighted by Crippen LogP contribution is -2.36. The Bertz CT molecular complexity index is 384. The minimum atomic E-state index is 0.801. The van der Waals surface area contributed by atoms with E-state index in [-0.39, 0.29) is 0 Å². The normalized spacial score (nSPS) is 21.2. The third-order valence-electron chi connectivity index (χ3n) is 3.36. The maximum Gasteiger partial charge on any atom is 0.0642 e. The molecule has 2 fully saturated rings. The molecule has 1 saturated heterocycles. The van der Waals surface area contributed by atoms with E-state index in [1.807, 2.05) is 0 Å². The molecule has 1 saturated carbocycles. The van der Waals surface area contributed by atoms with Crippen LogP contribution in [0.5, 0.6) is 0 Å². The average Bonchev–Trinajstić information content (AvgIpc) is 3.14. The van der Waals surface area contributed by atoms with E-state index in [1.165, 1.54) is 28.6 Å². The summed E-state index contributed by atoms with van der Waals surface area (Å²) >= 11 is 3.57. The summed E-state index contributed by atoms with van der Waals surface area (Å²) < 4.78 is 6.61. The van der Waals surface area contributed by atoms with Crippen LogP contribution >= 0.6 is 15.9 Å². The fourth-order valence-corrected chi connectivity index (χ4v) is 2.72. The van der Waals surface area contributed by atoms with E-state index in [9.17, 15) is 0 Å². The van der Waals surface area contributed by atoms with Crippen molar-refractivity contribution in [1.29, 1.82) is 0 Å². The van der Waals surface area contributed by atoms with Gasteiger partial charge in [0.2, 0.25) is 0 Å². The van der Waals surface area contributed by atoms with Gasteiger partial charge in [-0.05, 0) is 42.5 Å². The molecule has 3 rings (SSSR count). The number of morpholine rings is 1. The molecule has 0 N–H and O–H groups in total. The van der Waals surface area contributed by atoms with Gasteiger partial charge >= 0.3 is 0 Å². The zero-order chi connectivity index (χ0) is 11.0. The summed E-state index contributed by atoms with van der Waals surface area (Å²) in [6, 6.07) is 6.70. The van der Waals surface area contributed by atoms with Crippen molar-refractivity contribution in [1.82, 2.24) is 0 Å². The molecule has 1 aromatic carbocycles. The van der Waals surface area contributed by atoms with Crippen LogP contribution in [0.3, 0.4) is 0 Å². The van der Waals surface area contributed by atoms with Crippen LogP contribution in [-0.4, -0.2) is 26.3 Å². The molecule has 1 aliphatic carbocycles. The number of hydrogen-bond donors (Lipinski definition) is 0. The fraction of sp³-hybridized carbons (Fsp3) is 0.538. The van der Waals surface area contributed by atoms with E-state index < -0.39 is 0 Å². The predicted molar refractivity (Wildman–Crippen MR) is 69.1 cm³/mol. The van der Waals surface area contributed by atoms with Crippen LogP contribution in [0.15, 0.2) is 22.7 Å². The number of nitrogens with zero attached hydrogens (tertiary/aromatic N) is 1. The first-order valence-corrected chi connectivity index (χ1v) is 6.76. The fourth-order valence-electron chi connectivity index (χ4n) is 2.34. The Morgan fingerprint density at radius 1 is 1.19 bits per heavy atom. The van der Waals surface area contributed by atoms with Crippen molar-refractivity contribution in [2.45, 2.75) is 18.8 Å². The molecule has 0 aromatic heterocycles. The molecule has 2 nitrogen and oxygen atoms in total. The standard InChI is InChI=1S/C13H16BrNO/c14-11-3-4-13(12(9-11)10-1-2-10)15-5-7-16-8-6-15/h3-4,9-10H,1-2,5-8H2. The first-order valence-electron chi connectivity index (χ1n) is 5.97. The number of rotatable bonds is 2. The highest BCUT2D eigenvalue weighted by Gasteiger charge is 2.28.